The lowest BCUT2D eigenvalue weighted by Crippen LogP contribution is -2.49. The molecule has 8 nitrogen and oxygen atoms in total. The van der Waals surface area contributed by atoms with Crippen LogP contribution in [0.25, 0.3) is 10.8 Å². The van der Waals surface area contributed by atoms with Gasteiger partial charge >= 0.3 is 0 Å². The number of carbonyl (C=O) groups excluding carboxylic acids is 1. The van der Waals surface area contributed by atoms with Crippen LogP contribution in [0, 0.1) is 0 Å². The summed E-state index contributed by atoms with van der Waals surface area (Å²) in [6.07, 6.45) is 0.761. The molecule has 0 unspecified atom stereocenters. The molecule has 2 fully saturated rings. The lowest BCUT2D eigenvalue weighted by Gasteiger charge is -2.36. The molecular formula is C21H28N4O4. The molecule has 2 aliphatic rings. The number of aliphatic hydroxyl groups is 1. The van der Waals surface area contributed by atoms with Crippen molar-refractivity contribution in [3.8, 4) is 0 Å². The molecule has 4 rings (SSSR count). The minimum absolute atomic E-state index is 0.0333. The number of carbonyl (C=O) groups is 1. The van der Waals surface area contributed by atoms with Crippen LogP contribution in [-0.2, 0) is 11.3 Å². The fraction of sp³-hybridized carbons (Fsp3) is 0.571. The fourth-order valence-corrected chi connectivity index (χ4v) is 4.37. The zero-order chi connectivity index (χ0) is 20.4. The van der Waals surface area contributed by atoms with E-state index in [1.807, 2.05) is 13.0 Å². The highest BCUT2D eigenvalue weighted by Gasteiger charge is 2.33. The normalized spacial score (nSPS) is 23.9. The van der Waals surface area contributed by atoms with E-state index in [0.717, 1.165) is 13.1 Å². The highest BCUT2D eigenvalue weighted by Crippen LogP contribution is 2.22. The first kappa shape index (κ1) is 20.0. The molecule has 0 saturated carbocycles. The van der Waals surface area contributed by atoms with Crippen LogP contribution in [0.1, 0.15) is 30.3 Å². The monoisotopic (exact) mass is 400 g/mol. The summed E-state index contributed by atoms with van der Waals surface area (Å²) in [5.74, 6) is -0.182. The van der Waals surface area contributed by atoms with Crippen molar-refractivity contribution < 1.29 is 14.6 Å². The number of nitrogens with zero attached hydrogens (tertiary/aromatic N) is 4. The standard InChI is InChI=1S/C21H28N4O4/c1-2-25-20(27)16-6-4-3-5-15(16)19(22-25)21(28)24-9-7-17(18(26)8-10-24)23-11-13-29-14-12-23/h3-6,17-18,26H,2,7-14H2,1H3/t17-,18-/m0/s1. The van der Waals surface area contributed by atoms with Gasteiger partial charge in [-0.25, -0.2) is 4.68 Å². The third-order valence-corrected chi connectivity index (χ3v) is 6.01. The molecule has 1 amide bonds. The average Bonchev–Trinajstić information content (AvgIpc) is 2.96. The van der Waals surface area contributed by atoms with Crippen LogP contribution in [-0.4, -0.2) is 82.1 Å². The van der Waals surface area contributed by atoms with Crippen LogP contribution >= 0.6 is 0 Å². The number of hydrogen-bond acceptors (Lipinski definition) is 6. The summed E-state index contributed by atoms with van der Waals surface area (Å²) in [6, 6.07) is 7.17. The van der Waals surface area contributed by atoms with Crippen molar-refractivity contribution in [1.82, 2.24) is 19.6 Å². The van der Waals surface area contributed by atoms with Crippen molar-refractivity contribution in [2.45, 2.75) is 38.5 Å². The molecule has 1 N–H and O–H groups in total. The van der Waals surface area contributed by atoms with Gasteiger partial charge in [0.25, 0.3) is 11.5 Å². The van der Waals surface area contributed by atoms with Gasteiger partial charge in [0, 0.05) is 44.2 Å². The Morgan fingerprint density at radius 3 is 2.55 bits per heavy atom. The first-order valence-electron chi connectivity index (χ1n) is 10.4. The third-order valence-electron chi connectivity index (χ3n) is 6.01. The summed E-state index contributed by atoms with van der Waals surface area (Å²) in [7, 11) is 0. The largest absolute Gasteiger partial charge is 0.391 e. The van der Waals surface area contributed by atoms with Crippen LogP contribution in [0.4, 0.5) is 0 Å². The minimum Gasteiger partial charge on any atom is -0.391 e. The lowest BCUT2D eigenvalue weighted by atomic mass is 10.0. The van der Waals surface area contributed by atoms with Crippen molar-refractivity contribution in [3.05, 3.63) is 40.3 Å². The Kier molecular flexibility index (Phi) is 5.94. The second-order valence-corrected chi connectivity index (χ2v) is 7.67. The molecule has 156 valence electrons. The van der Waals surface area contributed by atoms with E-state index in [4.69, 9.17) is 4.74 Å². The summed E-state index contributed by atoms with van der Waals surface area (Å²) < 4.78 is 6.77. The maximum Gasteiger partial charge on any atom is 0.274 e. The number of morpholine rings is 1. The number of benzene rings is 1. The lowest BCUT2D eigenvalue weighted by molar-refractivity contribution is -0.0222. The quantitative estimate of drug-likeness (QED) is 0.817. The Balaban J connectivity index is 1.60. The topological polar surface area (TPSA) is 87.9 Å². The van der Waals surface area contributed by atoms with Crippen molar-refractivity contribution in [2.24, 2.45) is 0 Å². The van der Waals surface area contributed by atoms with Gasteiger partial charge in [0.1, 0.15) is 0 Å². The van der Waals surface area contributed by atoms with Crippen LogP contribution < -0.4 is 5.56 Å². The number of ether oxygens (including phenoxy) is 1. The van der Waals surface area contributed by atoms with Gasteiger partial charge in [0.05, 0.1) is 24.7 Å². The number of aryl methyl sites for hydroxylation is 1. The predicted molar refractivity (Wildman–Crippen MR) is 109 cm³/mol. The summed E-state index contributed by atoms with van der Waals surface area (Å²) in [6.45, 7) is 6.25. The Labute approximate surface area is 169 Å². The van der Waals surface area contributed by atoms with E-state index in [2.05, 4.69) is 10.00 Å². The second-order valence-electron chi connectivity index (χ2n) is 7.67. The van der Waals surface area contributed by atoms with E-state index >= 15 is 0 Å². The van der Waals surface area contributed by atoms with Crippen LogP contribution in [0.15, 0.2) is 29.1 Å². The Morgan fingerprint density at radius 2 is 1.83 bits per heavy atom. The number of likely N-dealkylation sites (tertiary alicyclic amines) is 1. The highest BCUT2D eigenvalue weighted by atomic mass is 16.5. The number of aromatic nitrogens is 2. The molecule has 2 saturated heterocycles. The molecule has 2 aromatic rings. The molecule has 0 bridgehead atoms. The van der Waals surface area contributed by atoms with Gasteiger partial charge in [-0.15, -0.1) is 0 Å². The van der Waals surface area contributed by atoms with Crippen LogP contribution in [0.2, 0.25) is 0 Å². The number of amides is 1. The summed E-state index contributed by atoms with van der Waals surface area (Å²) in [4.78, 5) is 30.0. The average molecular weight is 400 g/mol. The van der Waals surface area contributed by atoms with Crippen molar-refractivity contribution in [2.75, 3.05) is 39.4 Å². The molecule has 29 heavy (non-hydrogen) atoms. The number of hydrogen-bond donors (Lipinski definition) is 1. The molecular weight excluding hydrogens is 372 g/mol. The van der Waals surface area contributed by atoms with E-state index in [1.165, 1.54) is 4.68 Å². The van der Waals surface area contributed by atoms with Gasteiger partial charge in [0.15, 0.2) is 5.69 Å². The summed E-state index contributed by atoms with van der Waals surface area (Å²) in [5, 5.41) is 16.1. The van der Waals surface area contributed by atoms with Crippen LogP contribution in [0.5, 0.6) is 0 Å². The molecule has 0 aliphatic carbocycles. The van der Waals surface area contributed by atoms with E-state index in [0.29, 0.717) is 62.2 Å². The maximum atomic E-state index is 13.4. The molecule has 1 aromatic carbocycles. The Bertz CT molecular complexity index is 938. The summed E-state index contributed by atoms with van der Waals surface area (Å²) >= 11 is 0. The van der Waals surface area contributed by atoms with E-state index in [1.54, 1.807) is 23.1 Å². The molecule has 3 heterocycles. The number of fused-ring (bicyclic) bond motifs is 1. The van der Waals surface area contributed by atoms with Crippen molar-refractivity contribution >= 4 is 16.7 Å². The van der Waals surface area contributed by atoms with E-state index < -0.39 is 6.10 Å². The minimum atomic E-state index is -0.472. The fourth-order valence-electron chi connectivity index (χ4n) is 4.37. The van der Waals surface area contributed by atoms with E-state index in [9.17, 15) is 14.7 Å². The van der Waals surface area contributed by atoms with Gasteiger partial charge in [-0.3, -0.25) is 14.5 Å². The SMILES string of the molecule is CCn1nc(C(=O)N2CC[C@H](O)[C@@H](N3CCOCC3)CC2)c2ccccc2c1=O. The molecule has 2 aliphatic heterocycles. The molecule has 2 atom stereocenters. The van der Waals surface area contributed by atoms with E-state index in [-0.39, 0.29) is 17.5 Å². The summed E-state index contributed by atoms with van der Waals surface area (Å²) in [5.41, 5.74) is 0.125. The van der Waals surface area contributed by atoms with Gasteiger partial charge in [-0.2, -0.15) is 5.10 Å². The number of rotatable bonds is 3. The van der Waals surface area contributed by atoms with Gasteiger partial charge < -0.3 is 14.7 Å². The second kappa shape index (κ2) is 8.61. The zero-order valence-electron chi connectivity index (χ0n) is 16.8. The first-order chi connectivity index (χ1) is 14.1. The van der Waals surface area contributed by atoms with Gasteiger partial charge in [-0.05, 0) is 25.8 Å². The van der Waals surface area contributed by atoms with Crippen LogP contribution in [0.3, 0.4) is 0 Å². The zero-order valence-corrected chi connectivity index (χ0v) is 16.8. The molecule has 1 aromatic heterocycles. The smallest absolute Gasteiger partial charge is 0.274 e. The van der Waals surface area contributed by atoms with Gasteiger partial charge in [0.2, 0.25) is 0 Å². The third kappa shape index (κ3) is 3.92. The number of aliphatic hydroxyl groups excluding tert-OH is 1. The maximum absolute atomic E-state index is 13.4. The molecule has 0 spiro atoms. The van der Waals surface area contributed by atoms with Gasteiger partial charge in [-0.1, -0.05) is 18.2 Å². The first-order valence-corrected chi connectivity index (χ1v) is 10.4. The molecule has 8 heteroatoms. The highest BCUT2D eigenvalue weighted by molar-refractivity contribution is 6.04. The van der Waals surface area contributed by atoms with Crippen molar-refractivity contribution in [3.63, 3.8) is 0 Å². The van der Waals surface area contributed by atoms with Crippen molar-refractivity contribution in [1.29, 1.82) is 0 Å². The Hall–Kier alpha value is -2.29. The molecule has 0 radical (unpaired) electrons. The predicted octanol–water partition coefficient (Wildman–Crippen LogP) is 0.714. The Morgan fingerprint density at radius 1 is 1.14 bits per heavy atom.